The molecular weight excluding hydrogens is 236 g/mol. The molecule has 0 unspecified atom stereocenters. The lowest BCUT2D eigenvalue weighted by Gasteiger charge is -2.01. The second-order valence-corrected chi connectivity index (χ2v) is 3.09. The van der Waals surface area contributed by atoms with Crippen LogP contribution in [0, 0.1) is 0 Å². The van der Waals surface area contributed by atoms with Gasteiger partial charge in [-0.05, 0) is 12.1 Å². The molecule has 0 fully saturated rings. The molecule has 0 aliphatic heterocycles. The topological polar surface area (TPSA) is 102 Å². The van der Waals surface area contributed by atoms with Crippen LogP contribution in [0.1, 0.15) is 10.4 Å². The molecule has 0 aliphatic rings. The highest BCUT2D eigenvalue weighted by Gasteiger charge is 2.08. The summed E-state index contributed by atoms with van der Waals surface area (Å²) in [6.45, 7) is 0. The van der Waals surface area contributed by atoms with Gasteiger partial charge >= 0.3 is 22.5 Å². The van der Waals surface area contributed by atoms with Gasteiger partial charge in [-0.25, -0.2) is 9.59 Å². The van der Waals surface area contributed by atoms with Crippen LogP contribution in [-0.2, 0) is 15.3 Å². The fraction of sp³-hybridized carbons (Fsp3) is 0. The summed E-state index contributed by atoms with van der Waals surface area (Å²) < 4.78 is 22.4. The molecular formula is C8H6N2O5S. The van der Waals surface area contributed by atoms with Crippen molar-refractivity contribution in [2.75, 3.05) is 0 Å². The summed E-state index contributed by atoms with van der Waals surface area (Å²) in [5.41, 5.74) is 1.78. The summed E-state index contributed by atoms with van der Waals surface area (Å²) in [4.78, 5) is 26.1. The van der Waals surface area contributed by atoms with Crippen LogP contribution >= 0.6 is 0 Å². The highest BCUT2D eigenvalue weighted by Crippen LogP contribution is 1.99. The van der Waals surface area contributed by atoms with Gasteiger partial charge in [-0.3, -0.25) is 0 Å². The number of nitrogens with one attached hydrogen (secondary N) is 1. The van der Waals surface area contributed by atoms with Crippen molar-refractivity contribution >= 4 is 22.5 Å². The Balaban J connectivity index is 2.55. The molecule has 84 valence electrons. The minimum atomic E-state index is -2.88. The third kappa shape index (κ3) is 3.88. The number of nitrogens with zero attached hydrogens (tertiary/aromatic N) is 1. The van der Waals surface area contributed by atoms with Crippen LogP contribution in [0.25, 0.3) is 0 Å². The molecule has 0 aliphatic carbocycles. The van der Waals surface area contributed by atoms with E-state index in [1.807, 2.05) is 0 Å². The maximum Gasteiger partial charge on any atom is 0.389 e. The normalized spacial score (nSPS) is 9.00. The maximum absolute atomic E-state index is 11.2. The van der Waals surface area contributed by atoms with Gasteiger partial charge in [-0.1, -0.05) is 22.6 Å². The third-order valence-electron chi connectivity index (χ3n) is 1.40. The van der Waals surface area contributed by atoms with E-state index in [0.717, 1.165) is 0 Å². The van der Waals surface area contributed by atoms with Crippen LogP contribution in [0.5, 0.6) is 0 Å². The Morgan fingerprint density at radius 3 is 2.38 bits per heavy atom. The monoisotopic (exact) mass is 242 g/mol. The Morgan fingerprint density at radius 2 is 1.81 bits per heavy atom. The van der Waals surface area contributed by atoms with Crippen LogP contribution in [-0.4, -0.2) is 20.4 Å². The zero-order valence-electron chi connectivity index (χ0n) is 7.78. The molecule has 7 nitrogen and oxygen atoms in total. The fourth-order valence-electron chi connectivity index (χ4n) is 0.809. The number of carbonyl (C=O) groups is 2. The molecule has 0 bridgehead atoms. The lowest BCUT2D eigenvalue weighted by molar-refractivity contribution is 0.0336. The lowest BCUT2D eigenvalue weighted by Crippen LogP contribution is -2.24. The maximum atomic E-state index is 11.2. The Hall–Kier alpha value is -2.22. The summed E-state index contributed by atoms with van der Waals surface area (Å²) >= 11 is 0. The zero-order chi connectivity index (χ0) is 12.0. The number of amides is 2. The Labute approximate surface area is 91.7 Å². The van der Waals surface area contributed by atoms with Gasteiger partial charge in [0.05, 0.1) is 5.56 Å². The van der Waals surface area contributed by atoms with Gasteiger partial charge in [0, 0.05) is 0 Å². The minimum Gasteiger partial charge on any atom is -0.334 e. The van der Waals surface area contributed by atoms with E-state index >= 15 is 0 Å². The smallest absolute Gasteiger partial charge is 0.334 e. The minimum absolute atomic E-state index is 0.214. The fourth-order valence-corrected chi connectivity index (χ4v) is 0.982. The number of carbonyl (C=O) groups excluding carboxylic acids is 2. The van der Waals surface area contributed by atoms with E-state index in [1.165, 1.54) is 12.1 Å². The summed E-state index contributed by atoms with van der Waals surface area (Å²) in [5, 5.41) is 0. The molecule has 1 aromatic rings. The summed E-state index contributed by atoms with van der Waals surface area (Å²) in [5.74, 6) is -0.819. The SMILES string of the molecule is O=C(N=S(=O)=O)NOC(=O)c1ccccc1. The second kappa shape index (κ2) is 5.61. The Kier molecular flexibility index (Phi) is 4.16. The van der Waals surface area contributed by atoms with Crippen LogP contribution in [0.3, 0.4) is 0 Å². The van der Waals surface area contributed by atoms with E-state index in [4.69, 9.17) is 0 Å². The van der Waals surface area contributed by atoms with Crippen LogP contribution < -0.4 is 5.48 Å². The van der Waals surface area contributed by atoms with Crippen LogP contribution in [0.15, 0.2) is 34.7 Å². The predicted molar refractivity (Wildman–Crippen MR) is 51.7 cm³/mol. The molecule has 0 radical (unpaired) electrons. The molecule has 0 saturated heterocycles. The van der Waals surface area contributed by atoms with Gasteiger partial charge in [0.25, 0.3) is 0 Å². The number of hydroxylamine groups is 1. The molecule has 1 N–H and O–H groups in total. The van der Waals surface area contributed by atoms with E-state index in [1.54, 1.807) is 23.7 Å². The van der Waals surface area contributed by atoms with Crippen molar-refractivity contribution in [1.82, 2.24) is 5.48 Å². The van der Waals surface area contributed by atoms with Gasteiger partial charge < -0.3 is 4.84 Å². The lowest BCUT2D eigenvalue weighted by atomic mass is 10.2. The van der Waals surface area contributed by atoms with E-state index < -0.39 is 22.5 Å². The van der Waals surface area contributed by atoms with Gasteiger partial charge in [-0.2, -0.15) is 13.9 Å². The van der Waals surface area contributed by atoms with Crippen molar-refractivity contribution in [1.29, 1.82) is 0 Å². The van der Waals surface area contributed by atoms with Crippen molar-refractivity contribution in [3.63, 3.8) is 0 Å². The van der Waals surface area contributed by atoms with Crippen molar-refractivity contribution in [3.8, 4) is 0 Å². The Bertz CT molecular complexity index is 515. The van der Waals surface area contributed by atoms with Crippen molar-refractivity contribution < 1.29 is 22.8 Å². The summed E-state index contributed by atoms with van der Waals surface area (Å²) in [6.07, 6.45) is 0. The average molecular weight is 242 g/mol. The standard InChI is InChI=1S/C8H6N2O5S/c11-7(6-4-2-1-3-5-6)15-9-8(12)10-16(13)14/h1-5H,(H,9,12). The number of rotatable bonds is 1. The van der Waals surface area contributed by atoms with Gasteiger partial charge in [0.2, 0.25) is 0 Å². The first-order valence-electron chi connectivity index (χ1n) is 3.97. The molecule has 0 spiro atoms. The number of benzene rings is 1. The number of urea groups is 1. The highest BCUT2D eigenvalue weighted by molar-refractivity contribution is 7.62. The molecule has 16 heavy (non-hydrogen) atoms. The largest absolute Gasteiger partial charge is 0.389 e. The van der Waals surface area contributed by atoms with Crippen molar-refractivity contribution in [2.45, 2.75) is 0 Å². The van der Waals surface area contributed by atoms with Gasteiger partial charge in [0.1, 0.15) is 0 Å². The van der Waals surface area contributed by atoms with E-state index in [-0.39, 0.29) is 5.56 Å². The predicted octanol–water partition coefficient (Wildman–Crippen LogP) is 0.531. The van der Waals surface area contributed by atoms with Crippen molar-refractivity contribution in [3.05, 3.63) is 35.9 Å². The van der Waals surface area contributed by atoms with Gasteiger partial charge in [-0.15, -0.1) is 0 Å². The molecule has 0 aromatic heterocycles. The second-order valence-electron chi connectivity index (χ2n) is 2.47. The van der Waals surface area contributed by atoms with Gasteiger partial charge in [0.15, 0.2) is 0 Å². The quantitative estimate of drug-likeness (QED) is 0.723. The zero-order valence-corrected chi connectivity index (χ0v) is 8.60. The van der Waals surface area contributed by atoms with E-state index in [9.17, 15) is 18.0 Å². The number of hydrogen-bond acceptors (Lipinski definition) is 5. The molecule has 0 atom stereocenters. The average Bonchev–Trinajstić information content (AvgIpc) is 2.26. The Morgan fingerprint density at radius 1 is 1.19 bits per heavy atom. The molecule has 2 amide bonds. The molecule has 1 rings (SSSR count). The first-order valence-corrected chi connectivity index (χ1v) is 5.00. The molecule has 8 heteroatoms. The first kappa shape index (κ1) is 11.9. The molecule has 0 saturated carbocycles. The van der Waals surface area contributed by atoms with Crippen molar-refractivity contribution in [2.24, 2.45) is 4.36 Å². The van der Waals surface area contributed by atoms with Crippen LogP contribution in [0.2, 0.25) is 0 Å². The highest BCUT2D eigenvalue weighted by atomic mass is 32.2. The number of hydrogen-bond donors (Lipinski definition) is 1. The summed E-state index contributed by atoms with van der Waals surface area (Å²) in [7, 11) is -2.88. The molecule has 1 aromatic carbocycles. The third-order valence-corrected chi connectivity index (χ3v) is 1.71. The van der Waals surface area contributed by atoms with E-state index in [0.29, 0.717) is 0 Å². The van der Waals surface area contributed by atoms with E-state index in [2.05, 4.69) is 9.20 Å². The summed E-state index contributed by atoms with van der Waals surface area (Å²) in [6, 6.07) is 6.57. The van der Waals surface area contributed by atoms with Crippen LogP contribution in [0.4, 0.5) is 4.79 Å². The molecule has 0 heterocycles. The first-order chi connectivity index (χ1) is 7.59.